The highest BCUT2D eigenvalue weighted by molar-refractivity contribution is 7.99. The van der Waals surface area contributed by atoms with E-state index < -0.39 is 5.97 Å². The minimum atomic E-state index is -0.837. The van der Waals surface area contributed by atoms with Crippen molar-refractivity contribution in [1.82, 2.24) is 14.8 Å². The molecule has 0 aliphatic heterocycles. The molecular weight excluding hydrogens is 262 g/mol. The summed E-state index contributed by atoms with van der Waals surface area (Å²) in [5.74, 6) is 0.492. The van der Waals surface area contributed by atoms with Gasteiger partial charge in [0.05, 0.1) is 5.75 Å². The molecule has 0 aliphatic rings. The Bertz CT molecular complexity index is 438. The number of aryl methyl sites for hydroxylation is 1. The fourth-order valence-electron chi connectivity index (χ4n) is 2.19. The zero-order valence-electron chi connectivity index (χ0n) is 12.3. The lowest BCUT2D eigenvalue weighted by Gasteiger charge is -2.22. The first-order chi connectivity index (χ1) is 8.67. The lowest BCUT2D eigenvalue weighted by molar-refractivity contribution is -0.133. The van der Waals surface area contributed by atoms with Crippen LogP contribution in [0.1, 0.15) is 39.9 Å². The largest absolute Gasteiger partial charge is 0.481 e. The molecule has 19 heavy (non-hydrogen) atoms. The molecule has 0 saturated carbocycles. The van der Waals surface area contributed by atoms with Crippen LogP contribution in [-0.4, -0.2) is 31.6 Å². The first-order valence-electron chi connectivity index (χ1n) is 6.42. The first-order valence-corrected chi connectivity index (χ1v) is 7.40. The van der Waals surface area contributed by atoms with E-state index in [1.807, 2.05) is 0 Å². The predicted octanol–water partition coefficient (Wildman–Crippen LogP) is 2.61. The highest BCUT2D eigenvalue weighted by Crippen LogP contribution is 2.26. The van der Waals surface area contributed by atoms with Crippen LogP contribution < -0.4 is 0 Å². The van der Waals surface area contributed by atoms with Crippen molar-refractivity contribution in [2.24, 2.45) is 18.4 Å². The van der Waals surface area contributed by atoms with Crippen molar-refractivity contribution in [2.75, 3.05) is 5.75 Å². The summed E-state index contributed by atoms with van der Waals surface area (Å²) in [6.45, 7) is 8.88. The zero-order valence-corrected chi connectivity index (χ0v) is 13.1. The van der Waals surface area contributed by atoms with Crippen molar-refractivity contribution in [3.05, 3.63) is 5.82 Å². The average Bonchev–Trinajstić information content (AvgIpc) is 2.52. The third kappa shape index (κ3) is 6.09. The van der Waals surface area contributed by atoms with Crippen LogP contribution in [0.5, 0.6) is 0 Å². The van der Waals surface area contributed by atoms with Crippen molar-refractivity contribution >= 4 is 17.7 Å². The van der Waals surface area contributed by atoms with E-state index >= 15 is 0 Å². The van der Waals surface area contributed by atoms with Gasteiger partial charge in [-0.15, -0.1) is 0 Å². The molecule has 1 heterocycles. The fourth-order valence-corrected chi connectivity index (χ4v) is 2.84. The third-order valence-electron chi connectivity index (χ3n) is 2.58. The van der Waals surface area contributed by atoms with Crippen molar-refractivity contribution in [2.45, 2.75) is 45.7 Å². The summed E-state index contributed by atoms with van der Waals surface area (Å²) in [6, 6.07) is 0. The summed E-state index contributed by atoms with van der Waals surface area (Å²) in [4.78, 5) is 15.0. The molecule has 0 spiro atoms. The summed E-state index contributed by atoms with van der Waals surface area (Å²) in [5.41, 5.74) is 0.301. The highest BCUT2D eigenvalue weighted by Gasteiger charge is 2.18. The molecule has 1 N–H and O–H groups in total. The van der Waals surface area contributed by atoms with Crippen molar-refractivity contribution in [1.29, 1.82) is 0 Å². The molecule has 0 amide bonds. The van der Waals surface area contributed by atoms with E-state index in [0.717, 1.165) is 18.7 Å². The maximum Gasteiger partial charge on any atom is 0.313 e. The van der Waals surface area contributed by atoms with Crippen LogP contribution in [0.4, 0.5) is 0 Å². The number of hydrogen-bond acceptors (Lipinski definition) is 4. The molecule has 108 valence electrons. The number of nitrogens with zero attached hydrogens (tertiary/aromatic N) is 3. The lowest BCUT2D eigenvalue weighted by Crippen LogP contribution is -2.13. The van der Waals surface area contributed by atoms with Crippen molar-refractivity contribution < 1.29 is 9.90 Å². The predicted molar refractivity (Wildman–Crippen MR) is 76.3 cm³/mol. The van der Waals surface area contributed by atoms with Gasteiger partial charge in [0.2, 0.25) is 0 Å². The minimum Gasteiger partial charge on any atom is -0.481 e. The van der Waals surface area contributed by atoms with Gasteiger partial charge in [0.1, 0.15) is 0 Å². The molecule has 0 fully saturated rings. The Labute approximate surface area is 118 Å². The standard InChI is InChI=1S/C13H23N3O2S/c1-9(7-13(2,3)4)6-10-14-12(16(5)15-10)19-8-11(17)18/h9H,6-8H2,1-5H3,(H,17,18). The van der Waals surface area contributed by atoms with Crippen molar-refractivity contribution in [3.63, 3.8) is 0 Å². The second kappa shape index (κ2) is 6.41. The minimum absolute atomic E-state index is 0.0174. The van der Waals surface area contributed by atoms with Gasteiger partial charge in [0.25, 0.3) is 0 Å². The molecule has 0 radical (unpaired) electrons. The van der Waals surface area contributed by atoms with Crippen LogP contribution in [0.3, 0.4) is 0 Å². The summed E-state index contributed by atoms with van der Waals surface area (Å²) in [5, 5.41) is 13.7. The van der Waals surface area contributed by atoms with Gasteiger partial charge in [-0.3, -0.25) is 4.79 Å². The molecule has 1 aromatic rings. The smallest absolute Gasteiger partial charge is 0.313 e. The van der Waals surface area contributed by atoms with Crippen LogP contribution in [0.15, 0.2) is 5.16 Å². The van der Waals surface area contributed by atoms with Gasteiger partial charge in [-0.2, -0.15) is 5.10 Å². The molecular formula is C13H23N3O2S. The Morgan fingerprint density at radius 1 is 1.47 bits per heavy atom. The maximum atomic E-state index is 10.5. The third-order valence-corrected chi connectivity index (χ3v) is 3.59. The normalized spacial score (nSPS) is 13.5. The van der Waals surface area contributed by atoms with Crippen LogP contribution >= 0.6 is 11.8 Å². The van der Waals surface area contributed by atoms with Crippen LogP contribution in [0, 0.1) is 11.3 Å². The molecule has 0 bridgehead atoms. The number of aliphatic carboxylic acids is 1. The summed E-state index contributed by atoms with van der Waals surface area (Å²) >= 11 is 1.21. The van der Waals surface area contributed by atoms with E-state index in [1.54, 1.807) is 11.7 Å². The Balaban J connectivity index is 2.60. The molecule has 5 nitrogen and oxygen atoms in total. The van der Waals surface area contributed by atoms with Gasteiger partial charge in [0, 0.05) is 13.5 Å². The molecule has 1 rings (SSSR count). The number of rotatable bonds is 6. The van der Waals surface area contributed by atoms with E-state index in [0.29, 0.717) is 16.5 Å². The van der Waals surface area contributed by atoms with Crippen LogP contribution in [-0.2, 0) is 18.3 Å². The summed E-state index contributed by atoms with van der Waals surface area (Å²) in [7, 11) is 1.80. The maximum absolute atomic E-state index is 10.5. The molecule has 1 atom stereocenters. The van der Waals surface area contributed by atoms with Gasteiger partial charge >= 0.3 is 5.97 Å². The van der Waals surface area contributed by atoms with E-state index in [2.05, 4.69) is 37.8 Å². The van der Waals surface area contributed by atoms with Gasteiger partial charge in [-0.25, -0.2) is 9.67 Å². The Kier molecular flexibility index (Phi) is 5.40. The Hall–Kier alpha value is -1.04. The van der Waals surface area contributed by atoms with Crippen LogP contribution in [0.2, 0.25) is 0 Å². The summed E-state index contributed by atoms with van der Waals surface area (Å²) in [6.07, 6.45) is 1.95. The van der Waals surface area contributed by atoms with Gasteiger partial charge < -0.3 is 5.11 Å². The first kappa shape index (κ1) is 16.0. The molecule has 0 saturated heterocycles. The van der Waals surface area contributed by atoms with E-state index in [1.165, 1.54) is 11.8 Å². The quantitative estimate of drug-likeness (QED) is 0.814. The lowest BCUT2D eigenvalue weighted by atomic mass is 9.84. The van der Waals surface area contributed by atoms with Crippen LogP contribution in [0.25, 0.3) is 0 Å². The molecule has 0 aromatic carbocycles. The zero-order chi connectivity index (χ0) is 14.6. The molecule has 1 aromatic heterocycles. The van der Waals surface area contributed by atoms with Gasteiger partial charge in [-0.1, -0.05) is 39.5 Å². The van der Waals surface area contributed by atoms with Gasteiger partial charge in [-0.05, 0) is 17.8 Å². The fraction of sp³-hybridized carbons (Fsp3) is 0.769. The summed E-state index contributed by atoms with van der Waals surface area (Å²) < 4.78 is 1.66. The Morgan fingerprint density at radius 2 is 2.11 bits per heavy atom. The number of carboxylic acids is 1. The average molecular weight is 285 g/mol. The monoisotopic (exact) mass is 285 g/mol. The second-order valence-corrected chi connectivity index (χ2v) is 7.13. The van der Waals surface area contributed by atoms with E-state index in [4.69, 9.17) is 5.11 Å². The van der Waals surface area contributed by atoms with Gasteiger partial charge in [0.15, 0.2) is 11.0 Å². The molecule has 0 aliphatic carbocycles. The topological polar surface area (TPSA) is 68.0 Å². The second-order valence-electron chi connectivity index (χ2n) is 6.19. The molecule has 6 heteroatoms. The SMILES string of the molecule is CC(Cc1nc(SCC(=O)O)n(C)n1)CC(C)(C)C. The number of thioether (sulfide) groups is 1. The number of carboxylic acid groups (broad SMARTS) is 1. The number of aromatic nitrogens is 3. The Morgan fingerprint density at radius 3 is 2.63 bits per heavy atom. The van der Waals surface area contributed by atoms with E-state index in [9.17, 15) is 4.79 Å². The molecule has 1 unspecified atom stereocenters. The van der Waals surface area contributed by atoms with Crippen molar-refractivity contribution in [3.8, 4) is 0 Å². The highest BCUT2D eigenvalue weighted by atomic mass is 32.2. The number of hydrogen-bond donors (Lipinski definition) is 1. The number of carbonyl (C=O) groups is 1. The van der Waals surface area contributed by atoms with E-state index in [-0.39, 0.29) is 5.75 Å².